The maximum absolute atomic E-state index is 5.66. The van der Waals surface area contributed by atoms with E-state index >= 15 is 0 Å². The SMILES string of the molecule is CC(C)/C=C(/CCl)CCCl. The molecule has 0 amide bonds. The van der Waals surface area contributed by atoms with Gasteiger partial charge in [-0.25, -0.2) is 0 Å². The Kier molecular flexibility index (Phi) is 6.25. The molecular weight excluding hydrogens is 167 g/mol. The van der Waals surface area contributed by atoms with Crippen molar-refractivity contribution in [1.29, 1.82) is 0 Å². The van der Waals surface area contributed by atoms with Gasteiger partial charge in [-0.05, 0) is 12.3 Å². The maximum Gasteiger partial charge on any atom is 0.0434 e. The lowest BCUT2D eigenvalue weighted by Crippen LogP contribution is -1.90. The summed E-state index contributed by atoms with van der Waals surface area (Å²) in [5.74, 6) is 1.87. The summed E-state index contributed by atoms with van der Waals surface area (Å²) in [6.45, 7) is 4.28. The summed E-state index contributed by atoms with van der Waals surface area (Å²) in [5.41, 5.74) is 1.26. The van der Waals surface area contributed by atoms with Crippen molar-refractivity contribution in [3.05, 3.63) is 11.6 Å². The second kappa shape index (κ2) is 6.06. The van der Waals surface area contributed by atoms with Gasteiger partial charge in [0.1, 0.15) is 0 Å². The molecule has 0 aliphatic heterocycles. The van der Waals surface area contributed by atoms with E-state index in [0.29, 0.717) is 17.7 Å². The summed E-state index contributed by atoms with van der Waals surface area (Å²) in [4.78, 5) is 0. The van der Waals surface area contributed by atoms with E-state index in [1.165, 1.54) is 5.57 Å². The standard InChI is InChI=1S/C8H14Cl2/c1-7(2)5-8(6-10)3-4-9/h5,7H,3-4,6H2,1-2H3/b8-5+. The molecule has 10 heavy (non-hydrogen) atoms. The third kappa shape index (κ3) is 5.13. The Morgan fingerprint density at radius 3 is 2.30 bits per heavy atom. The van der Waals surface area contributed by atoms with Gasteiger partial charge >= 0.3 is 0 Å². The lowest BCUT2D eigenvalue weighted by atomic mass is 10.1. The van der Waals surface area contributed by atoms with Gasteiger partial charge in [-0.3, -0.25) is 0 Å². The molecule has 0 aliphatic carbocycles. The Bertz CT molecular complexity index is 106. The summed E-state index contributed by atoms with van der Waals surface area (Å²) in [6, 6.07) is 0. The first-order valence-corrected chi connectivity index (χ1v) is 4.59. The van der Waals surface area contributed by atoms with Crippen LogP contribution in [0.5, 0.6) is 0 Å². The molecule has 0 radical (unpaired) electrons. The van der Waals surface area contributed by atoms with Crippen molar-refractivity contribution in [3.63, 3.8) is 0 Å². The molecule has 0 heterocycles. The quantitative estimate of drug-likeness (QED) is 0.460. The molecule has 0 unspecified atom stereocenters. The smallest absolute Gasteiger partial charge is 0.0434 e. The van der Waals surface area contributed by atoms with E-state index in [2.05, 4.69) is 19.9 Å². The van der Waals surface area contributed by atoms with Gasteiger partial charge in [0.2, 0.25) is 0 Å². The molecule has 0 aromatic carbocycles. The molecule has 0 saturated heterocycles. The molecule has 60 valence electrons. The highest BCUT2D eigenvalue weighted by molar-refractivity contribution is 6.20. The van der Waals surface area contributed by atoms with Crippen LogP contribution in [0.1, 0.15) is 20.3 Å². The highest BCUT2D eigenvalue weighted by Gasteiger charge is 1.95. The van der Waals surface area contributed by atoms with E-state index in [-0.39, 0.29) is 0 Å². The van der Waals surface area contributed by atoms with Gasteiger partial charge in [-0.15, -0.1) is 23.2 Å². The van der Waals surface area contributed by atoms with Gasteiger partial charge in [0, 0.05) is 11.8 Å². The highest BCUT2D eigenvalue weighted by Crippen LogP contribution is 2.09. The summed E-state index contributed by atoms with van der Waals surface area (Å²) in [6.07, 6.45) is 3.10. The van der Waals surface area contributed by atoms with E-state index in [9.17, 15) is 0 Å². The zero-order valence-corrected chi connectivity index (χ0v) is 8.04. The van der Waals surface area contributed by atoms with Crippen LogP contribution in [0.15, 0.2) is 11.6 Å². The van der Waals surface area contributed by atoms with Crippen LogP contribution in [0.3, 0.4) is 0 Å². The van der Waals surface area contributed by atoms with Crippen molar-refractivity contribution >= 4 is 23.2 Å². The number of halogens is 2. The van der Waals surface area contributed by atoms with Gasteiger partial charge in [-0.1, -0.05) is 25.5 Å². The van der Waals surface area contributed by atoms with Crippen LogP contribution in [0.4, 0.5) is 0 Å². The Morgan fingerprint density at radius 1 is 1.40 bits per heavy atom. The normalized spacial score (nSPS) is 12.7. The molecule has 0 aliphatic rings. The van der Waals surface area contributed by atoms with E-state index in [0.717, 1.165) is 6.42 Å². The largest absolute Gasteiger partial charge is 0.126 e. The second-order valence-corrected chi connectivity index (χ2v) is 3.29. The van der Waals surface area contributed by atoms with Crippen molar-refractivity contribution in [1.82, 2.24) is 0 Å². The zero-order chi connectivity index (χ0) is 7.98. The minimum Gasteiger partial charge on any atom is -0.126 e. The van der Waals surface area contributed by atoms with Crippen molar-refractivity contribution in [2.75, 3.05) is 11.8 Å². The lowest BCUT2D eigenvalue weighted by Gasteiger charge is -2.01. The van der Waals surface area contributed by atoms with E-state index in [4.69, 9.17) is 23.2 Å². The molecule has 0 rings (SSSR count). The van der Waals surface area contributed by atoms with Crippen LogP contribution in [0.25, 0.3) is 0 Å². The second-order valence-electron chi connectivity index (χ2n) is 2.64. The molecule has 0 spiro atoms. The first-order chi connectivity index (χ1) is 4.70. The molecule has 0 bridgehead atoms. The monoisotopic (exact) mass is 180 g/mol. The van der Waals surface area contributed by atoms with Crippen molar-refractivity contribution in [2.45, 2.75) is 20.3 Å². The predicted molar refractivity (Wildman–Crippen MR) is 49.0 cm³/mol. The molecule has 0 aromatic rings. The molecule has 0 N–H and O–H groups in total. The van der Waals surface area contributed by atoms with Crippen molar-refractivity contribution in [2.24, 2.45) is 5.92 Å². The number of rotatable bonds is 4. The first-order valence-electron chi connectivity index (χ1n) is 3.52. The van der Waals surface area contributed by atoms with E-state index in [1.54, 1.807) is 0 Å². The van der Waals surface area contributed by atoms with Gasteiger partial charge in [0.15, 0.2) is 0 Å². The number of alkyl halides is 2. The van der Waals surface area contributed by atoms with Gasteiger partial charge in [0.25, 0.3) is 0 Å². The Labute approximate surface area is 73.2 Å². The van der Waals surface area contributed by atoms with Crippen molar-refractivity contribution in [3.8, 4) is 0 Å². The van der Waals surface area contributed by atoms with Gasteiger partial charge in [-0.2, -0.15) is 0 Å². The van der Waals surface area contributed by atoms with Gasteiger partial charge < -0.3 is 0 Å². The Morgan fingerprint density at radius 2 is 2.00 bits per heavy atom. The third-order valence-corrected chi connectivity index (χ3v) is 1.69. The molecule has 0 saturated carbocycles. The van der Waals surface area contributed by atoms with Crippen LogP contribution >= 0.6 is 23.2 Å². The van der Waals surface area contributed by atoms with E-state index < -0.39 is 0 Å². The third-order valence-electron chi connectivity index (χ3n) is 1.16. The first kappa shape index (κ1) is 10.3. The van der Waals surface area contributed by atoms with Crippen LogP contribution in [-0.2, 0) is 0 Å². The summed E-state index contributed by atoms with van der Waals surface area (Å²) < 4.78 is 0. The van der Waals surface area contributed by atoms with Crippen molar-refractivity contribution < 1.29 is 0 Å². The summed E-state index contributed by atoms with van der Waals surface area (Å²) >= 11 is 11.2. The Hall–Kier alpha value is 0.320. The van der Waals surface area contributed by atoms with Gasteiger partial charge in [0.05, 0.1) is 0 Å². The lowest BCUT2D eigenvalue weighted by molar-refractivity contribution is 0.814. The van der Waals surface area contributed by atoms with Crippen LogP contribution in [0, 0.1) is 5.92 Å². The number of allylic oxidation sites excluding steroid dienone is 2. The molecule has 0 aromatic heterocycles. The predicted octanol–water partition coefficient (Wildman–Crippen LogP) is 3.44. The van der Waals surface area contributed by atoms with Crippen LogP contribution < -0.4 is 0 Å². The summed E-state index contributed by atoms with van der Waals surface area (Å²) in [5, 5.41) is 0. The highest BCUT2D eigenvalue weighted by atomic mass is 35.5. The Balaban J connectivity index is 3.78. The maximum atomic E-state index is 5.66. The topological polar surface area (TPSA) is 0 Å². The minimum absolute atomic E-state index is 0.581. The fourth-order valence-electron chi connectivity index (χ4n) is 0.787. The number of hydrogen-bond acceptors (Lipinski definition) is 0. The fraction of sp³-hybridized carbons (Fsp3) is 0.750. The average molecular weight is 181 g/mol. The molecule has 0 nitrogen and oxygen atoms in total. The number of hydrogen-bond donors (Lipinski definition) is 0. The summed E-state index contributed by atoms with van der Waals surface area (Å²) in [7, 11) is 0. The van der Waals surface area contributed by atoms with E-state index in [1.807, 2.05) is 0 Å². The molecule has 0 atom stereocenters. The minimum atomic E-state index is 0.581. The molecular formula is C8H14Cl2. The average Bonchev–Trinajstić information content (AvgIpc) is 1.86. The zero-order valence-electron chi connectivity index (χ0n) is 6.53. The molecule has 2 heteroatoms. The van der Waals surface area contributed by atoms with Crippen LogP contribution in [0.2, 0.25) is 0 Å². The molecule has 0 fully saturated rings. The van der Waals surface area contributed by atoms with Crippen LogP contribution in [-0.4, -0.2) is 11.8 Å². The fourth-order valence-corrected chi connectivity index (χ4v) is 1.25.